The highest BCUT2D eigenvalue weighted by Crippen LogP contribution is 2.01. The third-order valence-corrected chi connectivity index (χ3v) is 2.46. The Bertz CT molecular complexity index is 279. The summed E-state index contributed by atoms with van der Waals surface area (Å²) in [5.41, 5.74) is 0. The van der Waals surface area contributed by atoms with Crippen molar-refractivity contribution in [2.45, 2.75) is 46.7 Å². The molecule has 0 radical (unpaired) electrons. The van der Waals surface area contributed by atoms with Crippen LogP contribution in [0.5, 0.6) is 0 Å². The lowest BCUT2D eigenvalue weighted by atomic mass is 10.4. The Labute approximate surface area is 137 Å². The molecule has 0 aliphatic heterocycles. The zero-order valence-electron chi connectivity index (χ0n) is 14.4. The van der Waals surface area contributed by atoms with Crippen LogP contribution in [0.4, 0.5) is 0 Å². The van der Waals surface area contributed by atoms with Crippen molar-refractivity contribution >= 4 is 11.9 Å². The van der Waals surface area contributed by atoms with E-state index >= 15 is 0 Å². The molecule has 136 valence electrons. The van der Waals surface area contributed by atoms with Gasteiger partial charge >= 0.3 is 11.9 Å². The Balaban J connectivity index is 4.01. The van der Waals surface area contributed by atoms with E-state index in [1.807, 2.05) is 0 Å². The summed E-state index contributed by atoms with van der Waals surface area (Å²) < 4.78 is 30.7. The Kier molecular flexibility index (Phi) is 13.6. The SMILES string of the molecule is CCOC(COC(=O)CC(=O)OCC(OCC)OCC)OCC. The molecule has 8 nitrogen and oxygen atoms in total. The minimum absolute atomic E-state index is 0.0751. The van der Waals surface area contributed by atoms with Crippen LogP contribution in [0.25, 0.3) is 0 Å². The van der Waals surface area contributed by atoms with Gasteiger partial charge in [0.05, 0.1) is 0 Å². The lowest BCUT2D eigenvalue weighted by Crippen LogP contribution is -2.28. The van der Waals surface area contributed by atoms with Gasteiger partial charge < -0.3 is 28.4 Å². The van der Waals surface area contributed by atoms with Crippen LogP contribution < -0.4 is 0 Å². The normalized spacial score (nSPS) is 11.0. The number of esters is 2. The van der Waals surface area contributed by atoms with Gasteiger partial charge in [0.2, 0.25) is 0 Å². The van der Waals surface area contributed by atoms with Gasteiger partial charge in [-0.2, -0.15) is 0 Å². The summed E-state index contributed by atoms with van der Waals surface area (Å²) in [6.45, 7) is 8.79. The highest BCUT2D eigenvalue weighted by atomic mass is 16.7. The van der Waals surface area contributed by atoms with Crippen molar-refractivity contribution in [1.82, 2.24) is 0 Å². The van der Waals surface area contributed by atoms with Crippen LogP contribution in [0, 0.1) is 0 Å². The summed E-state index contributed by atoms with van der Waals surface area (Å²) >= 11 is 0. The van der Waals surface area contributed by atoms with Crippen molar-refractivity contribution in [3.8, 4) is 0 Å². The molecule has 0 heterocycles. The van der Waals surface area contributed by atoms with Gasteiger partial charge in [0.15, 0.2) is 12.6 Å². The van der Waals surface area contributed by atoms with Crippen molar-refractivity contribution in [1.29, 1.82) is 0 Å². The van der Waals surface area contributed by atoms with E-state index in [4.69, 9.17) is 28.4 Å². The fraction of sp³-hybridized carbons (Fsp3) is 0.867. The number of carbonyl (C=O) groups is 2. The van der Waals surface area contributed by atoms with Crippen LogP contribution in [0.3, 0.4) is 0 Å². The second kappa shape index (κ2) is 14.4. The molecule has 0 spiro atoms. The molecule has 0 aromatic carbocycles. The summed E-state index contributed by atoms with van der Waals surface area (Å²) in [7, 11) is 0. The second-order valence-corrected chi connectivity index (χ2v) is 4.22. The van der Waals surface area contributed by atoms with Crippen molar-refractivity contribution in [2.75, 3.05) is 39.6 Å². The summed E-state index contributed by atoms with van der Waals surface area (Å²) in [6, 6.07) is 0. The first-order valence-corrected chi connectivity index (χ1v) is 7.84. The van der Waals surface area contributed by atoms with Crippen LogP contribution in [0.1, 0.15) is 34.1 Å². The van der Waals surface area contributed by atoms with E-state index in [9.17, 15) is 9.59 Å². The molecule has 0 amide bonds. The van der Waals surface area contributed by atoms with E-state index in [2.05, 4.69) is 0 Å². The second-order valence-electron chi connectivity index (χ2n) is 4.22. The molecule has 0 aromatic heterocycles. The monoisotopic (exact) mass is 336 g/mol. The molecule has 0 fully saturated rings. The first kappa shape index (κ1) is 21.8. The number of carbonyl (C=O) groups excluding carboxylic acids is 2. The van der Waals surface area contributed by atoms with Gasteiger partial charge in [-0.15, -0.1) is 0 Å². The van der Waals surface area contributed by atoms with Crippen molar-refractivity contribution in [3.63, 3.8) is 0 Å². The minimum Gasteiger partial charge on any atom is -0.460 e. The molecule has 0 aromatic rings. The molecule has 0 bridgehead atoms. The molecule has 8 heteroatoms. The lowest BCUT2D eigenvalue weighted by Gasteiger charge is -2.17. The molecule has 0 unspecified atom stereocenters. The Morgan fingerprint density at radius 2 is 0.957 bits per heavy atom. The van der Waals surface area contributed by atoms with E-state index in [0.717, 1.165) is 0 Å². The van der Waals surface area contributed by atoms with E-state index in [1.165, 1.54) is 0 Å². The molecule has 0 aliphatic rings. The zero-order valence-corrected chi connectivity index (χ0v) is 14.4. The molecule has 0 N–H and O–H groups in total. The summed E-state index contributed by atoms with van der Waals surface area (Å²) in [5.74, 6) is -1.41. The van der Waals surface area contributed by atoms with Gasteiger partial charge in [-0.1, -0.05) is 0 Å². The summed E-state index contributed by atoms with van der Waals surface area (Å²) in [4.78, 5) is 23.1. The minimum atomic E-state index is -0.705. The summed E-state index contributed by atoms with van der Waals surface area (Å²) in [6.07, 6.45) is -1.76. The third-order valence-electron chi connectivity index (χ3n) is 2.46. The highest BCUT2D eigenvalue weighted by Gasteiger charge is 2.17. The first-order valence-electron chi connectivity index (χ1n) is 7.84. The van der Waals surface area contributed by atoms with Gasteiger partial charge in [0.25, 0.3) is 0 Å². The smallest absolute Gasteiger partial charge is 0.317 e. The van der Waals surface area contributed by atoms with Gasteiger partial charge in [0, 0.05) is 26.4 Å². The van der Waals surface area contributed by atoms with E-state index in [1.54, 1.807) is 27.7 Å². The van der Waals surface area contributed by atoms with Crippen molar-refractivity contribution < 1.29 is 38.0 Å². The third kappa shape index (κ3) is 11.9. The molecule has 0 atom stereocenters. The number of rotatable bonds is 14. The maximum absolute atomic E-state index is 11.6. The molecule has 23 heavy (non-hydrogen) atoms. The molecular formula is C15H28O8. The maximum Gasteiger partial charge on any atom is 0.317 e. The first-order chi connectivity index (χ1) is 11.1. The highest BCUT2D eigenvalue weighted by molar-refractivity contribution is 5.91. The standard InChI is InChI=1S/C15H28O8/c1-5-18-14(19-6-2)10-22-12(16)9-13(17)23-11-15(20-7-3)21-8-4/h14-15H,5-11H2,1-4H3. The number of hydrogen-bond acceptors (Lipinski definition) is 8. The van der Waals surface area contributed by atoms with Crippen LogP contribution >= 0.6 is 0 Å². The topological polar surface area (TPSA) is 89.5 Å². The Morgan fingerprint density at radius 1 is 0.652 bits per heavy atom. The largest absolute Gasteiger partial charge is 0.460 e. The van der Waals surface area contributed by atoms with Gasteiger partial charge in [-0.05, 0) is 27.7 Å². The van der Waals surface area contributed by atoms with Gasteiger partial charge in [0.1, 0.15) is 19.6 Å². The molecule has 0 saturated carbocycles. The molecule has 0 aliphatic carbocycles. The number of ether oxygens (including phenoxy) is 6. The predicted octanol–water partition coefficient (Wildman–Crippen LogP) is 1.26. The predicted molar refractivity (Wildman–Crippen MR) is 80.6 cm³/mol. The van der Waals surface area contributed by atoms with Crippen LogP contribution in [-0.2, 0) is 38.0 Å². The fourth-order valence-electron chi connectivity index (χ4n) is 1.57. The molecule has 0 rings (SSSR count). The van der Waals surface area contributed by atoms with E-state index in [0.29, 0.717) is 26.4 Å². The lowest BCUT2D eigenvalue weighted by molar-refractivity contribution is -0.187. The van der Waals surface area contributed by atoms with Crippen LogP contribution in [0.15, 0.2) is 0 Å². The number of hydrogen-bond donors (Lipinski definition) is 0. The van der Waals surface area contributed by atoms with E-state index in [-0.39, 0.29) is 13.2 Å². The van der Waals surface area contributed by atoms with Gasteiger partial charge in [-0.3, -0.25) is 9.59 Å². The molecule has 0 saturated heterocycles. The average molecular weight is 336 g/mol. The Morgan fingerprint density at radius 3 is 1.22 bits per heavy atom. The molecular weight excluding hydrogens is 308 g/mol. The van der Waals surface area contributed by atoms with Crippen LogP contribution in [-0.4, -0.2) is 64.2 Å². The summed E-state index contributed by atoms with van der Waals surface area (Å²) in [5, 5.41) is 0. The Hall–Kier alpha value is -1.22. The maximum atomic E-state index is 11.6. The van der Waals surface area contributed by atoms with Crippen molar-refractivity contribution in [2.24, 2.45) is 0 Å². The van der Waals surface area contributed by atoms with E-state index < -0.39 is 30.9 Å². The van der Waals surface area contributed by atoms with Crippen LogP contribution in [0.2, 0.25) is 0 Å². The quantitative estimate of drug-likeness (QED) is 0.266. The zero-order chi connectivity index (χ0) is 17.5. The fourth-order valence-corrected chi connectivity index (χ4v) is 1.57. The van der Waals surface area contributed by atoms with Crippen molar-refractivity contribution in [3.05, 3.63) is 0 Å². The van der Waals surface area contributed by atoms with Gasteiger partial charge in [-0.25, -0.2) is 0 Å². The average Bonchev–Trinajstić information content (AvgIpc) is 2.51.